The fourth-order valence-corrected chi connectivity index (χ4v) is 5.23. The summed E-state index contributed by atoms with van der Waals surface area (Å²) in [6, 6.07) is -1.16. The summed E-state index contributed by atoms with van der Waals surface area (Å²) in [7, 11) is 5.24. The molecule has 0 radical (unpaired) electrons. The largest absolute Gasteiger partial charge is 0.469 e. The van der Waals surface area contributed by atoms with E-state index in [1.807, 2.05) is 14.1 Å². The Hall–Kier alpha value is -2.20. The molecule has 0 heterocycles. The number of amides is 1. The molecule has 4 unspecified atom stereocenters. The number of carbonyl (C=O) groups excluding carboxylic acids is 4. The van der Waals surface area contributed by atoms with Gasteiger partial charge in [0.15, 0.2) is 0 Å². The minimum Gasteiger partial charge on any atom is -0.469 e. The second-order valence-corrected chi connectivity index (χ2v) is 12.6. The van der Waals surface area contributed by atoms with Crippen molar-refractivity contribution in [2.75, 3.05) is 54.1 Å². The Kier molecular flexibility index (Phi) is 22.0. The van der Waals surface area contributed by atoms with Crippen molar-refractivity contribution in [2.45, 2.75) is 124 Å². The van der Waals surface area contributed by atoms with E-state index in [4.69, 9.17) is 14.2 Å². The highest BCUT2D eigenvalue weighted by Gasteiger charge is 2.35. The maximum absolute atomic E-state index is 13.6. The molecule has 1 N–H and O–H groups in total. The maximum atomic E-state index is 13.6. The van der Waals surface area contributed by atoms with Crippen molar-refractivity contribution >= 4 is 23.8 Å². The van der Waals surface area contributed by atoms with Gasteiger partial charge in [0.25, 0.3) is 0 Å². The molecule has 0 aromatic rings. The van der Waals surface area contributed by atoms with Crippen LogP contribution in [0.4, 0.5) is 0 Å². The van der Waals surface area contributed by atoms with Gasteiger partial charge in [0, 0.05) is 19.4 Å². The monoisotopic (exact) mass is 615 g/mol. The molecule has 10 nitrogen and oxygen atoms in total. The van der Waals surface area contributed by atoms with Crippen LogP contribution < -0.4 is 0 Å². The van der Waals surface area contributed by atoms with E-state index in [2.05, 4.69) is 27.7 Å². The molecule has 1 amide bonds. The minimum absolute atomic E-state index is 0.133. The topological polar surface area (TPSA) is 119 Å². The first-order valence-corrected chi connectivity index (χ1v) is 16.5. The standard InChI is InChI=1S/C33H63N2O8/c1-9-13-16-27(11-3)24-42-32(39)22-29(33(40)43-25-28(12-4)17-14-10-2)34(30(37)18-19-31(38)41-8)20-15-21-35(6,7)23-26(5)36/h26-29,36H,9-25H2,1-8H3/q+1. The van der Waals surface area contributed by atoms with Gasteiger partial charge in [0.05, 0.1) is 53.8 Å². The third-order valence-electron chi connectivity index (χ3n) is 8.05. The number of hydrogen-bond acceptors (Lipinski definition) is 8. The molecule has 0 aromatic heterocycles. The van der Waals surface area contributed by atoms with Crippen LogP contribution in [0.1, 0.15) is 112 Å². The van der Waals surface area contributed by atoms with Crippen LogP contribution in [0.25, 0.3) is 0 Å². The lowest BCUT2D eigenvalue weighted by atomic mass is 10.0. The zero-order chi connectivity index (χ0) is 32.8. The van der Waals surface area contributed by atoms with Crippen molar-refractivity contribution in [3.05, 3.63) is 0 Å². The quantitative estimate of drug-likeness (QED) is 0.0876. The van der Waals surface area contributed by atoms with Gasteiger partial charge in [-0.25, -0.2) is 4.79 Å². The number of unbranched alkanes of at least 4 members (excludes halogenated alkanes) is 2. The van der Waals surface area contributed by atoms with Crippen molar-refractivity contribution in [3.8, 4) is 0 Å². The van der Waals surface area contributed by atoms with Crippen LogP contribution >= 0.6 is 0 Å². The van der Waals surface area contributed by atoms with Crippen LogP contribution in [0.3, 0.4) is 0 Å². The van der Waals surface area contributed by atoms with Gasteiger partial charge < -0.3 is 28.7 Å². The number of ether oxygens (including phenoxy) is 3. The first kappa shape index (κ1) is 40.8. The van der Waals surface area contributed by atoms with Crippen molar-refractivity contribution in [1.82, 2.24) is 4.90 Å². The summed E-state index contributed by atoms with van der Waals surface area (Å²) in [5, 5.41) is 9.89. The number of methoxy groups -OCH3 is 1. The second-order valence-electron chi connectivity index (χ2n) is 12.6. The SMILES string of the molecule is CCCCC(CC)COC(=O)CC(C(=O)OCC(CC)CCCC)N(CCC[N+](C)(C)CC(C)O)C(=O)CCC(=O)OC. The molecule has 0 aliphatic heterocycles. The number of nitrogens with zero attached hydrogens (tertiary/aromatic N) is 2. The first-order chi connectivity index (χ1) is 20.3. The zero-order valence-corrected chi connectivity index (χ0v) is 28.5. The average Bonchev–Trinajstić information content (AvgIpc) is 2.96. The van der Waals surface area contributed by atoms with E-state index in [9.17, 15) is 24.3 Å². The molecule has 0 spiro atoms. The Morgan fingerprint density at radius 2 is 1.37 bits per heavy atom. The number of aliphatic hydroxyl groups is 1. The van der Waals surface area contributed by atoms with Crippen LogP contribution in [0.5, 0.6) is 0 Å². The molecule has 0 aliphatic rings. The highest BCUT2D eigenvalue weighted by Crippen LogP contribution is 2.19. The third-order valence-corrected chi connectivity index (χ3v) is 8.05. The Balaban J connectivity index is 6.00. The molecule has 0 aliphatic carbocycles. The molecule has 4 atom stereocenters. The van der Waals surface area contributed by atoms with Gasteiger partial charge >= 0.3 is 17.9 Å². The number of esters is 3. The van der Waals surface area contributed by atoms with Crippen molar-refractivity contribution in [3.63, 3.8) is 0 Å². The lowest BCUT2D eigenvalue weighted by Gasteiger charge is -2.34. The summed E-state index contributed by atoms with van der Waals surface area (Å²) in [4.78, 5) is 53.4. The van der Waals surface area contributed by atoms with E-state index in [0.717, 1.165) is 51.4 Å². The summed E-state index contributed by atoms with van der Waals surface area (Å²) in [6.07, 6.45) is 7.24. The molecule has 0 bridgehead atoms. The number of likely N-dealkylation sites (N-methyl/N-ethyl adjacent to an activating group) is 1. The fraction of sp³-hybridized carbons (Fsp3) is 0.879. The third kappa shape index (κ3) is 18.9. The second kappa shape index (κ2) is 23.2. The predicted octanol–water partition coefficient (Wildman–Crippen LogP) is 4.89. The van der Waals surface area contributed by atoms with Gasteiger partial charge in [0.1, 0.15) is 18.7 Å². The summed E-state index contributed by atoms with van der Waals surface area (Å²) in [5.74, 6) is -1.69. The van der Waals surface area contributed by atoms with E-state index < -0.39 is 36.0 Å². The predicted molar refractivity (Wildman–Crippen MR) is 168 cm³/mol. The number of hydrogen-bond donors (Lipinski definition) is 1. The average molecular weight is 616 g/mol. The van der Waals surface area contributed by atoms with Crippen molar-refractivity contribution in [2.24, 2.45) is 11.8 Å². The first-order valence-electron chi connectivity index (χ1n) is 16.5. The van der Waals surface area contributed by atoms with Crippen LogP contribution in [-0.4, -0.2) is 105 Å². The number of carbonyl (C=O) groups is 4. The van der Waals surface area contributed by atoms with Crippen LogP contribution in [0.2, 0.25) is 0 Å². The van der Waals surface area contributed by atoms with E-state index in [-0.39, 0.29) is 50.9 Å². The molecule has 0 saturated heterocycles. The summed E-state index contributed by atoms with van der Waals surface area (Å²) in [5.41, 5.74) is 0. The van der Waals surface area contributed by atoms with E-state index in [1.54, 1.807) is 6.92 Å². The highest BCUT2D eigenvalue weighted by molar-refractivity contribution is 5.89. The van der Waals surface area contributed by atoms with Gasteiger partial charge in [0.2, 0.25) is 5.91 Å². The van der Waals surface area contributed by atoms with Gasteiger partial charge in [-0.2, -0.15) is 0 Å². The van der Waals surface area contributed by atoms with Crippen molar-refractivity contribution < 1.29 is 43.0 Å². The molecule has 252 valence electrons. The zero-order valence-electron chi connectivity index (χ0n) is 28.5. The van der Waals surface area contributed by atoms with E-state index in [0.29, 0.717) is 24.0 Å². The van der Waals surface area contributed by atoms with E-state index in [1.165, 1.54) is 12.0 Å². The lowest BCUT2D eigenvalue weighted by Crippen LogP contribution is -2.50. The highest BCUT2D eigenvalue weighted by atomic mass is 16.5. The smallest absolute Gasteiger partial charge is 0.329 e. The van der Waals surface area contributed by atoms with E-state index >= 15 is 0 Å². The Labute approximate surface area is 261 Å². The van der Waals surface area contributed by atoms with Crippen LogP contribution in [0, 0.1) is 11.8 Å². The molecular formula is C33H63N2O8+. The molecule has 43 heavy (non-hydrogen) atoms. The number of aliphatic hydroxyl groups excluding tert-OH is 1. The van der Waals surface area contributed by atoms with Gasteiger partial charge in [-0.15, -0.1) is 0 Å². The van der Waals surface area contributed by atoms with Gasteiger partial charge in [-0.1, -0.05) is 66.2 Å². The summed E-state index contributed by atoms with van der Waals surface area (Å²) < 4.78 is 16.6. The minimum atomic E-state index is -1.16. The van der Waals surface area contributed by atoms with Crippen molar-refractivity contribution in [1.29, 1.82) is 0 Å². The number of rotatable bonds is 25. The normalized spacial score (nSPS) is 14.3. The van der Waals surface area contributed by atoms with Gasteiger partial charge in [-0.05, 0) is 31.6 Å². The summed E-state index contributed by atoms with van der Waals surface area (Å²) in [6.45, 7) is 11.9. The van der Waals surface area contributed by atoms with Crippen LogP contribution in [-0.2, 0) is 33.4 Å². The van der Waals surface area contributed by atoms with Gasteiger partial charge in [-0.3, -0.25) is 14.4 Å². The molecule has 0 fully saturated rings. The molecule has 0 saturated carbocycles. The van der Waals surface area contributed by atoms with Crippen LogP contribution in [0.15, 0.2) is 0 Å². The lowest BCUT2D eigenvalue weighted by molar-refractivity contribution is -0.893. The fourth-order valence-electron chi connectivity index (χ4n) is 5.23. The molecule has 0 aromatic carbocycles. The Morgan fingerprint density at radius 3 is 1.86 bits per heavy atom. The maximum Gasteiger partial charge on any atom is 0.329 e. The summed E-state index contributed by atoms with van der Waals surface area (Å²) >= 11 is 0. The Bertz CT molecular complexity index is 802. The number of quaternary nitrogens is 1. The molecule has 10 heteroatoms. The molecule has 0 rings (SSSR count). The Morgan fingerprint density at radius 1 is 0.814 bits per heavy atom. The molecular weight excluding hydrogens is 552 g/mol.